The molecule has 6 nitrogen and oxygen atoms in total. The molecule has 98 valence electrons. The average Bonchev–Trinajstić information content (AvgIpc) is 2.62. The number of nitrogens with zero attached hydrogens (tertiary/aromatic N) is 2. The molecule has 1 aliphatic heterocycles. The SMILES string of the molecule is Cc1n[nH]c(C)c1C(=O)N1CCNC(=O)C1(C)C. The third kappa shape index (κ3) is 1.77. The third-order valence-electron chi connectivity index (χ3n) is 3.44. The van der Waals surface area contributed by atoms with E-state index in [1.165, 1.54) is 0 Å². The van der Waals surface area contributed by atoms with Gasteiger partial charge in [-0.15, -0.1) is 0 Å². The summed E-state index contributed by atoms with van der Waals surface area (Å²) in [5, 5.41) is 9.60. The molecule has 0 saturated carbocycles. The molecule has 2 amide bonds. The standard InChI is InChI=1S/C12H18N4O2/c1-7-9(8(2)15-14-7)10(17)16-6-5-13-11(18)12(16,3)4/h5-6H2,1-4H3,(H,13,18)(H,14,15). The highest BCUT2D eigenvalue weighted by Gasteiger charge is 2.41. The predicted octanol–water partition coefficient (Wildman–Crippen LogP) is 0.377. The number of rotatable bonds is 1. The molecule has 2 N–H and O–H groups in total. The van der Waals surface area contributed by atoms with Crippen LogP contribution < -0.4 is 5.32 Å². The van der Waals surface area contributed by atoms with Gasteiger partial charge in [-0.2, -0.15) is 5.10 Å². The Hall–Kier alpha value is -1.85. The van der Waals surface area contributed by atoms with Gasteiger partial charge in [0, 0.05) is 18.8 Å². The van der Waals surface area contributed by atoms with Crippen molar-refractivity contribution in [1.29, 1.82) is 0 Å². The summed E-state index contributed by atoms with van der Waals surface area (Å²) in [6.45, 7) is 8.11. The number of aromatic amines is 1. The Morgan fingerprint density at radius 3 is 2.61 bits per heavy atom. The fraction of sp³-hybridized carbons (Fsp3) is 0.583. The van der Waals surface area contributed by atoms with E-state index >= 15 is 0 Å². The Kier molecular flexibility index (Phi) is 2.88. The molecule has 0 radical (unpaired) electrons. The highest BCUT2D eigenvalue weighted by Crippen LogP contribution is 2.22. The molecule has 2 heterocycles. The molecule has 0 bridgehead atoms. The summed E-state index contributed by atoms with van der Waals surface area (Å²) in [6.07, 6.45) is 0. The summed E-state index contributed by atoms with van der Waals surface area (Å²) in [6, 6.07) is 0. The van der Waals surface area contributed by atoms with Crippen LogP contribution in [0.1, 0.15) is 35.6 Å². The van der Waals surface area contributed by atoms with E-state index in [1.54, 1.807) is 25.7 Å². The van der Waals surface area contributed by atoms with Crippen LogP contribution >= 0.6 is 0 Å². The normalized spacial score (nSPS) is 18.7. The Labute approximate surface area is 106 Å². The van der Waals surface area contributed by atoms with E-state index in [0.29, 0.717) is 24.3 Å². The predicted molar refractivity (Wildman–Crippen MR) is 66.2 cm³/mol. The lowest BCUT2D eigenvalue weighted by Crippen LogP contribution is -2.63. The number of carbonyl (C=O) groups is 2. The molecule has 0 unspecified atom stereocenters. The lowest BCUT2D eigenvalue weighted by atomic mass is 9.97. The number of amides is 2. The molecule has 1 fully saturated rings. The first kappa shape index (κ1) is 12.6. The molecule has 18 heavy (non-hydrogen) atoms. The number of aromatic nitrogens is 2. The lowest BCUT2D eigenvalue weighted by molar-refractivity contribution is -0.133. The van der Waals surface area contributed by atoms with Gasteiger partial charge in [-0.1, -0.05) is 0 Å². The van der Waals surface area contributed by atoms with Crippen LogP contribution in [0.4, 0.5) is 0 Å². The number of hydrogen-bond acceptors (Lipinski definition) is 3. The molecular weight excluding hydrogens is 232 g/mol. The van der Waals surface area contributed by atoms with E-state index in [9.17, 15) is 9.59 Å². The van der Waals surface area contributed by atoms with Gasteiger partial charge in [-0.3, -0.25) is 14.7 Å². The zero-order valence-corrected chi connectivity index (χ0v) is 11.1. The first-order valence-corrected chi connectivity index (χ1v) is 5.97. The number of carbonyl (C=O) groups excluding carboxylic acids is 2. The van der Waals surface area contributed by atoms with Crippen molar-refractivity contribution >= 4 is 11.8 Å². The van der Waals surface area contributed by atoms with Crippen molar-refractivity contribution in [3.05, 3.63) is 17.0 Å². The quantitative estimate of drug-likeness (QED) is 0.756. The van der Waals surface area contributed by atoms with E-state index < -0.39 is 5.54 Å². The molecule has 0 spiro atoms. The maximum Gasteiger partial charge on any atom is 0.258 e. The van der Waals surface area contributed by atoms with Crippen LogP contribution in [0.15, 0.2) is 0 Å². The minimum atomic E-state index is -0.828. The minimum absolute atomic E-state index is 0.124. The van der Waals surface area contributed by atoms with Gasteiger partial charge in [0.15, 0.2) is 0 Å². The Balaban J connectivity index is 2.37. The summed E-state index contributed by atoms with van der Waals surface area (Å²) in [5.41, 5.74) is 1.14. The lowest BCUT2D eigenvalue weighted by Gasteiger charge is -2.41. The van der Waals surface area contributed by atoms with Crippen LogP contribution in [0.2, 0.25) is 0 Å². The Morgan fingerprint density at radius 1 is 1.39 bits per heavy atom. The van der Waals surface area contributed by atoms with Gasteiger partial charge in [-0.25, -0.2) is 0 Å². The van der Waals surface area contributed by atoms with Gasteiger partial charge < -0.3 is 10.2 Å². The summed E-state index contributed by atoms with van der Waals surface area (Å²) < 4.78 is 0. The summed E-state index contributed by atoms with van der Waals surface area (Å²) in [5.74, 6) is -0.264. The van der Waals surface area contributed by atoms with Gasteiger partial charge in [0.25, 0.3) is 5.91 Å². The van der Waals surface area contributed by atoms with E-state index in [-0.39, 0.29) is 11.8 Å². The van der Waals surface area contributed by atoms with Crippen LogP contribution in [0.25, 0.3) is 0 Å². The molecule has 1 aliphatic rings. The van der Waals surface area contributed by atoms with Gasteiger partial charge in [-0.05, 0) is 27.7 Å². The van der Waals surface area contributed by atoms with Gasteiger partial charge >= 0.3 is 0 Å². The van der Waals surface area contributed by atoms with Crippen LogP contribution in [0.5, 0.6) is 0 Å². The molecule has 1 aromatic heterocycles. The van der Waals surface area contributed by atoms with Crippen LogP contribution in [-0.2, 0) is 4.79 Å². The largest absolute Gasteiger partial charge is 0.352 e. The molecule has 2 rings (SSSR count). The van der Waals surface area contributed by atoms with Crippen LogP contribution in [0.3, 0.4) is 0 Å². The summed E-state index contributed by atoms with van der Waals surface area (Å²) in [4.78, 5) is 26.0. The maximum atomic E-state index is 12.5. The first-order chi connectivity index (χ1) is 8.35. The Morgan fingerprint density at radius 2 is 2.06 bits per heavy atom. The highest BCUT2D eigenvalue weighted by molar-refractivity contribution is 6.01. The van der Waals surface area contributed by atoms with Crippen molar-refractivity contribution in [3.63, 3.8) is 0 Å². The third-order valence-corrected chi connectivity index (χ3v) is 3.44. The maximum absolute atomic E-state index is 12.5. The second-order valence-corrected chi connectivity index (χ2v) is 5.08. The van der Waals surface area contributed by atoms with Crippen molar-refractivity contribution in [3.8, 4) is 0 Å². The summed E-state index contributed by atoms with van der Waals surface area (Å²) >= 11 is 0. The zero-order chi connectivity index (χ0) is 13.5. The smallest absolute Gasteiger partial charge is 0.258 e. The van der Waals surface area contributed by atoms with Gasteiger partial charge in [0.05, 0.1) is 11.3 Å². The first-order valence-electron chi connectivity index (χ1n) is 5.97. The van der Waals surface area contributed by atoms with Crippen molar-refractivity contribution in [2.75, 3.05) is 13.1 Å². The number of nitrogens with one attached hydrogen (secondary N) is 2. The number of H-pyrrole nitrogens is 1. The monoisotopic (exact) mass is 250 g/mol. The second-order valence-electron chi connectivity index (χ2n) is 5.08. The van der Waals surface area contributed by atoms with Crippen molar-refractivity contribution in [2.45, 2.75) is 33.2 Å². The molecular formula is C12H18N4O2. The number of piperazine rings is 1. The van der Waals surface area contributed by atoms with Crippen molar-refractivity contribution in [2.24, 2.45) is 0 Å². The molecule has 0 atom stereocenters. The van der Waals surface area contributed by atoms with E-state index in [4.69, 9.17) is 0 Å². The average molecular weight is 250 g/mol. The van der Waals surface area contributed by atoms with Crippen LogP contribution in [0, 0.1) is 13.8 Å². The minimum Gasteiger partial charge on any atom is -0.352 e. The second kappa shape index (κ2) is 4.12. The van der Waals surface area contributed by atoms with E-state index in [2.05, 4.69) is 15.5 Å². The number of hydrogen-bond donors (Lipinski definition) is 2. The highest BCUT2D eigenvalue weighted by atomic mass is 16.2. The fourth-order valence-electron chi connectivity index (χ4n) is 2.26. The van der Waals surface area contributed by atoms with Gasteiger partial charge in [0.2, 0.25) is 5.91 Å². The van der Waals surface area contributed by atoms with E-state index in [0.717, 1.165) is 5.69 Å². The summed E-state index contributed by atoms with van der Waals surface area (Å²) in [7, 11) is 0. The molecule has 6 heteroatoms. The molecule has 0 aromatic carbocycles. The van der Waals surface area contributed by atoms with Crippen LogP contribution in [-0.4, -0.2) is 45.5 Å². The zero-order valence-electron chi connectivity index (χ0n) is 11.1. The van der Waals surface area contributed by atoms with Gasteiger partial charge in [0.1, 0.15) is 5.54 Å². The van der Waals surface area contributed by atoms with Crippen molar-refractivity contribution < 1.29 is 9.59 Å². The molecule has 1 aromatic rings. The molecule has 0 aliphatic carbocycles. The van der Waals surface area contributed by atoms with Crippen molar-refractivity contribution in [1.82, 2.24) is 20.4 Å². The fourth-order valence-corrected chi connectivity index (χ4v) is 2.26. The molecule has 1 saturated heterocycles. The van der Waals surface area contributed by atoms with E-state index in [1.807, 2.05) is 6.92 Å². The number of aryl methyl sites for hydroxylation is 2. The Bertz CT molecular complexity index is 485. The topological polar surface area (TPSA) is 78.1 Å².